The van der Waals surface area contributed by atoms with E-state index in [2.05, 4.69) is 10.3 Å². The SMILES string of the molecule is CCOc1ccc(C(=O)NCc2ccc(OCc3cccnc3)cc2)cc1C. The number of hydrogen-bond donors (Lipinski definition) is 1. The largest absolute Gasteiger partial charge is 0.494 e. The molecule has 0 fully saturated rings. The molecular weight excluding hydrogens is 352 g/mol. The van der Waals surface area contributed by atoms with Crippen LogP contribution in [0.4, 0.5) is 0 Å². The van der Waals surface area contributed by atoms with Crippen molar-refractivity contribution in [2.45, 2.75) is 27.0 Å². The molecule has 0 aliphatic heterocycles. The van der Waals surface area contributed by atoms with Crippen LogP contribution in [0.15, 0.2) is 67.0 Å². The summed E-state index contributed by atoms with van der Waals surface area (Å²) < 4.78 is 11.3. The van der Waals surface area contributed by atoms with Crippen molar-refractivity contribution in [2.24, 2.45) is 0 Å². The molecule has 0 atom stereocenters. The standard InChI is InChI=1S/C23H24N2O3/c1-3-27-22-11-8-20(13-17(22)2)23(26)25-15-18-6-9-21(10-7-18)28-16-19-5-4-12-24-14-19/h4-14H,3,15-16H2,1-2H3,(H,25,26). The number of amides is 1. The molecule has 0 radical (unpaired) electrons. The molecule has 1 N–H and O–H groups in total. The van der Waals surface area contributed by atoms with Crippen molar-refractivity contribution < 1.29 is 14.3 Å². The summed E-state index contributed by atoms with van der Waals surface area (Å²) in [6.07, 6.45) is 3.52. The van der Waals surface area contributed by atoms with E-state index in [4.69, 9.17) is 9.47 Å². The second kappa shape index (κ2) is 9.55. The van der Waals surface area contributed by atoms with Crippen molar-refractivity contribution in [3.63, 3.8) is 0 Å². The number of nitrogens with one attached hydrogen (secondary N) is 1. The normalized spacial score (nSPS) is 10.4. The average molecular weight is 376 g/mol. The fourth-order valence-corrected chi connectivity index (χ4v) is 2.75. The maximum absolute atomic E-state index is 12.4. The van der Waals surface area contributed by atoms with Crippen LogP contribution in [0.5, 0.6) is 11.5 Å². The highest BCUT2D eigenvalue weighted by atomic mass is 16.5. The minimum Gasteiger partial charge on any atom is -0.494 e. The smallest absolute Gasteiger partial charge is 0.251 e. The third-order valence-corrected chi connectivity index (χ3v) is 4.24. The van der Waals surface area contributed by atoms with Gasteiger partial charge in [-0.3, -0.25) is 9.78 Å². The predicted octanol–water partition coefficient (Wildman–Crippen LogP) is 4.30. The molecule has 144 valence electrons. The van der Waals surface area contributed by atoms with Gasteiger partial charge in [0.1, 0.15) is 18.1 Å². The third kappa shape index (κ3) is 5.33. The van der Waals surface area contributed by atoms with Crippen LogP contribution in [-0.4, -0.2) is 17.5 Å². The van der Waals surface area contributed by atoms with E-state index in [9.17, 15) is 4.79 Å². The summed E-state index contributed by atoms with van der Waals surface area (Å²) in [5.41, 5.74) is 3.59. The summed E-state index contributed by atoms with van der Waals surface area (Å²) >= 11 is 0. The molecule has 5 heteroatoms. The van der Waals surface area contributed by atoms with Crippen LogP contribution in [-0.2, 0) is 13.2 Å². The molecule has 0 spiro atoms. The zero-order valence-corrected chi connectivity index (χ0v) is 16.1. The van der Waals surface area contributed by atoms with Crippen molar-refractivity contribution in [1.82, 2.24) is 10.3 Å². The number of nitrogens with zero attached hydrogens (tertiary/aromatic N) is 1. The Bertz CT molecular complexity index is 909. The minimum atomic E-state index is -0.108. The van der Waals surface area contributed by atoms with Gasteiger partial charge in [0.25, 0.3) is 5.91 Å². The van der Waals surface area contributed by atoms with E-state index < -0.39 is 0 Å². The average Bonchev–Trinajstić information content (AvgIpc) is 2.73. The lowest BCUT2D eigenvalue weighted by molar-refractivity contribution is 0.0951. The van der Waals surface area contributed by atoms with E-state index >= 15 is 0 Å². The Kier molecular flexibility index (Phi) is 6.63. The van der Waals surface area contributed by atoms with E-state index in [1.54, 1.807) is 18.5 Å². The minimum absolute atomic E-state index is 0.108. The number of carbonyl (C=O) groups excluding carboxylic acids is 1. The molecule has 0 aliphatic rings. The maximum Gasteiger partial charge on any atom is 0.251 e. The predicted molar refractivity (Wildman–Crippen MR) is 109 cm³/mol. The first-order chi connectivity index (χ1) is 13.7. The molecule has 2 aromatic carbocycles. The summed E-state index contributed by atoms with van der Waals surface area (Å²) in [7, 11) is 0. The number of hydrogen-bond acceptors (Lipinski definition) is 4. The summed E-state index contributed by atoms with van der Waals surface area (Å²) in [4.78, 5) is 16.5. The second-order valence-corrected chi connectivity index (χ2v) is 6.39. The van der Waals surface area contributed by atoms with Crippen molar-refractivity contribution in [2.75, 3.05) is 6.61 Å². The Labute approximate surface area is 165 Å². The fourth-order valence-electron chi connectivity index (χ4n) is 2.75. The Hall–Kier alpha value is -3.34. The Morgan fingerprint density at radius 1 is 1.04 bits per heavy atom. The molecule has 0 bridgehead atoms. The lowest BCUT2D eigenvalue weighted by Crippen LogP contribution is -2.22. The molecule has 0 unspecified atom stereocenters. The van der Waals surface area contributed by atoms with Gasteiger partial charge in [-0.15, -0.1) is 0 Å². The van der Waals surface area contributed by atoms with Crippen LogP contribution in [0, 0.1) is 6.92 Å². The Balaban J connectivity index is 1.51. The maximum atomic E-state index is 12.4. The number of pyridine rings is 1. The summed E-state index contributed by atoms with van der Waals surface area (Å²) in [5, 5.41) is 2.94. The highest BCUT2D eigenvalue weighted by molar-refractivity contribution is 5.94. The topological polar surface area (TPSA) is 60.5 Å². The Morgan fingerprint density at radius 2 is 1.86 bits per heavy atom. The van der Waals surface area contributed by atoms with Crippen LogP contribution >= 0.6 is 0 Å². The van der Waals surface area contributed by atoms with Gasteiger partial charge in [0.05, 0.1) is 6.61 Å². The number of benzene rings is 2. The molecule has 0 aliphatic carbocycles. The van der Waals surface area contributed by atoms with Crippen molar-refractivity contribution in [1.29, 1.82) is 0 Å². The van der Waals surface area contributed by atoms with Crippen LogP contribution in [0.1, 0.15) is 34.0 Å². The van der Waals surface area contributed by atoms with E-state index in [-0.39, 0.29) is 5.91 Å². The van der Waals surface area contributed by atoms with Gasteiger partial charge in [0.2, 0.25) is 0 Å². The van der Waals surface area contributed by atoms with E-state index in [1.165, 1.54) is 0 Å². The van der Waals surface area contributed by atoms with Crippen molar-refractivity contribution in [3.05, 3.63) is 89.2 Å². The highest BCUT2D eigenvalue weighted by Crippen LogP contribution is 2.19. The van der Waals surface area contributed by atoms with E-state index in [1.807, 2.05) is 62.4 Å². The molecular formula is C23H24N2O3. The number of carbonyl (C=O) groups is 1. The molecule has 0 saturated carbocycles. The van der Waals surface area contributed by atoms with Crippen LogP contribution in [0.2, 0.25) is 0 Å². The lowest BCUT2D eigenvalue weighted by Gasteiger charge is -2.10. The van der Waals surface area contributed by atoms with Gasteiger partial charge in [-0.25, -0.2) is 0 Å². The Morgan fingerprint density at radius 3 is 2.54 bits per heavy atom. The van der Waals surface area contributed by atoms with Gasteiger partial charge in [-0.2, -0.15) is 0 Å². The first kappa shape index (κ1) is 19.4. The molecule has 1 aromatic heterocycles. The molecule has 28 heavy (non-hydrogen) atoms. The fraction of sp³-hybridized carbons (Fsp3) is 0.217. The summed E-state index contributed by atoms with van der Waals surface area (Å²) in [6, 6.07) is 17.0. The lowest BCUT2D eigenvalue weighted by atomic mass is 10.1. The molecule has 1 amide bonds. The van der Waals surface area contributed by atoms with Crippen LogP contribution < -0.4 is 14.8 Å². The number of rotatable bonds is 8. The van der Waals surface area contributed by atoms with Gasteiger partial charge >= 0.3 is 0 Å². The van der Waals surface area contributed by atoms with Crippen LogP contribution in [0.25, 0.3) is 0 Å². The first-order valence-corrected chi connectivity index (χ1v) is 9.28. The van der Waals surface area contributed by atoms with Crippen LogP contribution in [0.3, 0.4) is 0 Å². The summed E-state index contributed by atoms with van der Waals surface area (Å²) in [5.74, 6) is 1.48. The van der Waals surface area contributed by atoms with Gasteiger partial charge in [-0.05, 0) is 61.4 Å². The molecule has 3 rings (SSSR count). The zero-order valence-electron chi connectivity index (χ0n) is 16.1. The van der Waals surface area contributed by atoms with Gasteiger partial charge in [0, 0.05) is 30.1 Å². The number of aryl methyl sites for hydroxylation is 1. The van der Waals surface area contributed by atoms with Crippen molar-refractivity contribution >= 4 is 5.91 Å². The van der Waals surface area contributed by atoms with E-state index in [0.29, 0.717) is 25.3 Å². The summed E-state index contributed by atoms with van der Waals surface area (Å²) in [6.45, 7) is 5.41. The first-order valence-electron chi connectivity index (χ1n) is 9.28. The molecule has 5 nitrogen and oxygen atoms in total. The molecule has 3 aromatic rings. The number of aromatic nitrogens is 1. The second-order valence-electron chi connectivity index (χ2n) is 6.39. The molecule has 0 saturated heterocycles. The monoisotopic (exact) mass is 376 g/mol. The van der Waals surface area contributed by atoms with Gasteiger partial charge in [-0.1, -0.05) is 18.2 Å². The van der Waals surface area contributed by atoms with E-state index in [0.717, 1.165) is 28.2 Å². The third-order valence-electron chi connectivity index (χ3n) is 4.24. The van der Waals surface area contributed by atoms with Gasteiger partial charge < -0.3 is 14.8 Å². The van der Waals surface area contributed by atoms with Crippen molar-refractivity contribution in [3.8, 4) is 11.5 Å². The number of ether oxygens (including phenoxy) is 2. The zero-order chi connectivity index (χ0) is 19.8. The molecule has 1 heterocycles. The van der Waals surface area contributed by atoms with Gasteiger partial charge in [0.15, 0.2) is 0 Å². The highest BCUT2D eigenvalue weighted by Gasteiger charge is 2.08. The quantitative estimate of drug-likeness (QED) is 0.637.